The highest BCUT2D eigenvalue weighted by molar-refractivity contribution is 5.91. The van der Waals surface area contributed by atoms with Gasteiger partial charge in [0.1, 0.15) is 17.3 Å². The Morgan fingerprint density at radius 3 is 2.30 bits per heavy atom. The summed E-state index contributed by atoms with van der Waals surface area (Å²) >= 11 is 0. The summed E-state index contributed by atoms with van der Waals surface area (Å²) in [5.41, 5.74) is -1.05. The molecule has 0 atom stereocenters. The van der Waals surface area contributed by atoms with E-state index in [-0.39, 0.29) is 5.82 Å². The molecule has 152 valence electrons. The number of hydrogen-bond acceptors (Lipinski definition) is 8. The average molecular weight is 409 g/mol. The molecule has 3 aromatic rings. The Balaban J connectivity index is 1.69. The van der Waals surface area contributed by atoms with Gasteiger partial charge in [-0.25, -0.2) is 4.79 Å². The van der Waals surface area contributed by atoms with Gasteiger partial charge in [-0.05, 0) is 48.0 Å². The van der Waals surface area contributed by atoms with Crippen molar-refractivity contribution >= 4 is 23.8 Å². The number of nitro groups is 1. The van der Waals surface area contributed by atoms with E-state index in [1.807, 2.05) is 0 Å². The summed E-state index contributed by atoms with van der Waals surface area (Å²) in [4.78, 5) is 39.2. The Morgan fingerprint density at radius 1 is 1.10 bits per heavy atom. The van der Waals surface area contributed by atoms with E-state index >= 15 is 0 Å². The first-order valence-corrected chi connectivity index (χ1v) is 8.49. The number of carbonyl (C=O) groups is 1. The number of H-pyrrole nitrogens is 1. The molecule has 2 aromatic carbocycles. The van der Waals surface area contributed by atoms with E-state index in [0.29, 0.717) is 22.6 Å². The summed E-state index contributed by atoms with van der Waals surface area (Å²) in [6.45, 7) is 0. The summed E-state index contributed by atoms with van der Waals surface area (Å²) in [5.74, 6) is -0.598. The molecular formula is C20H15N3O7. The summed E-state index contributed by atoms with van der Waals surface area (Å²) in [6, 6.07) is 12.9. The zero-order valence-electron chi connectivity index (χ0n) is 15.6. The monoisotopic (exact) mass is 409 g/mol. The third kappa shape index (κ3) is 4.68. The molecular weight excluding hydrogens is 394 g/mol. The van der Waals surface area contributed by atoms with E-state index in [1.165, 1.54) is 13.2 Å². The normalized spacial score (nSPS) is 10.7. The van der Waals surface area contributed by atoms with Gasteiger partial charge in [-0.1, -0.05) is 18.2 Å². The summed E-state index contributed by atoms with van der Waals surface area (Å²) in [5, 5.41) is 20.2. The van der Waals surface area contributed by atoms with Crippen LogP contribution >= 0.6 is 0 Å². The fraction of sp³-hybridized carbons (Fsp3) is 0.0500. The van der Waals surface area contributed by atoms with Gasteiger partial charge in [-0.15, -0.1) is 0 Å². The number of aromatic hydroxyl groups is 1. The van der Waals surface area contributed by atoms with Crippen molar-refractivity contribution in [2.75, 3.05) is 7.11 Å². The van der Waals surface area contributed by atoms with Crippen molar-refractivity contribution in [3.8, 4) is 17.4 Å². The second-order valence-electron chi connectivity index (χ2n) is 5.90. The van der Waals surface area contributed by atoms with Crippen LogP contribution in [0.3, 0.4) is 0 Å². The quantitative estimate of drug-likeness (QED) is 0.274. The SMILES string of the molecule is COc1ccc(C(=O)Oc2ccc(C=Cc3nc(O)c([N+](=O)[O-])c(=O)[nH]3)cc2)cc1. The van der Waals surface area contributed by atoms with Crippen molar-refractivity contribution < 1.29 is 24.3 Å². The van der Waals surface area contributed by atoms with Crippen LogP contribution in [0.15, 0.2) is 53.3 Å². The average Bonchev–Trinajstić information content (AvgIpc) is 2.72. The highest BCUT2D eigenvalue weighted by Crippen LogP contribution is 2.19. The first-order valence-electron chi connectivity index (χ1n) is 8.49. The molecule has 0 radical (unpaired) electrons. The number of benzene rings is 2. The molecule has 0 bridgehead atoms. The topological polar surface area (TPSA) is 145 Å². The van der Waals surface area contributed by atoms with Crippen LogP contribution in [0.5, 0.6) is 17.4 Å². The van der Waals surface area contributed by atoms with Gasteiger partial charge in [-0.2, -0.15) is 4.98 Å². The van der Waals surface area contributed by atoms with Crippen LogP contribution in [0.2, 0.25) is 0 Å². The maximum atomic E-state index is 12.2. The molecule has 1 heterocycles. The second-order valence-corrected chi connectivity index (χ2v) is 5.90. The molecule has 2 N–H and O–H groups in total. The van der Waals surface area contributed by atoms with Crippen LogP contribution in [0.25, 0.3) is 12.2 Å². The van der Waals surface area contributed by atoms with Crippen LogP contribution in [0.1, 0.15) is 21.7 Å². The van der Waals surface area contributed by atoms with Gasteiger partial charge in [0.05, 0.1) is 17.6 Å². The van der Waals surface area contributed by atoms with Gasteiger partial charge >= 0.3 is 17.2 Å². The lowest BCUT2D eigenvalue weighted by Crippen LogP contribution is -2.14. The fourth-order valence-corrected chi connectivity index (χ4v) is 2.43. The van der Waals surface area contributed by atoms with Crippen LogP contribution in [0, 0.1) is 10.1 Å². The molecule has 0 spiro atoms. The number of hydrogen-bond donors (Lipinski definition) is 2. The van der Waals surface area contributed by atoms with E-state index in [0.717, 1.165) is 0 Å². The Bertz CT molecular complexity index is 1170. The maximum absolute atomic E-state index is 12.2. The van der Waals surface area contributed by atoms with Crippen molar-refractivity contribution in [1.29, 1.82) is 0 Å². The van der Waals surface area contributed by atoms with Crippen molar-refractivity contribution in [3.63, 3.8) is 0 Å². The minimum atomic E-state index is -1.06. The number of ether oxygens (including phenoxy) is 2. The van der Waals surface area contributed by atoms with E-state index in [2.05, 4.69) is 9.97 Å². The number of carbonyl (C=O) groups excluding carboxylic acids is 1. The molecule has 0 aliphatic rings. The number of aromatic nitrogens is 2. The van der Waals surface area contributed by atoms with Crippen molar-refractivity contribution in [3.05, 3.63) is 86.0 Å². The third-order valence-electron chi connectivity index (χ3n) is 3.93. The second kappa shape index (κ2) is 8.69. The fourth-order valence-electron chi connectivity index (χ4n) is 2.43. The molecule has 30 heavy (non-hydrogen) atoms. The first kappa shape index (κ1) is 20.3. The van der Waals surface area contributed by atoms with Gasteiger partial charge in [-0.3, -0.25) is 14.9 Å². The molecule has 1 aromatic heterocycles. The lowest BCUT2D eigenvalue weighted by molar-refractivity contribution is -0.387. The van der Waals surface area contributed by atoms with E-state index in [4.69, 9.17) is 9.47 Å². The Morgan fingerprint density at radius 2 is 1.73 bits per heavy atom. The summed E-state index contributed by atoms with van der Waals surface area (Å²) < 4.78 is 10.3. The Kier molecular flexibility index (Phi) is 5.87. The molecule has 3 rings (SSSR count). The van der Waals surface area contributed by atoms with E-state index in [9.17, 15) is 24.8 Å². The molecule has 0 fully saturated rings. The molecule has 0 saturated heterocycles. The standard InChI is InChI=1S/C20H15N3O7/c1-29-14-9-5-13(6-10-14)20(26)30-15-7-2-12(3-8-15)4-11-16-21-18(24)17(23(27)28)19(25)22-16/h2-11H,1H3,(H2,21,22,24,25). The highest BCUT2D eigenvalue weighted by Gasteiger charge is 2.21. The van der Waals surface area contributed by atoms with Gasteiger partial charge in [0, 0.05) is 0 Å². The number of methoxy groups -OCH3 is 1. The lowest BCUT2D eigenvalue weighted by atomic mass is 10.2. The molecule has 0 unspecified atom stereocenters. The van der Waals surface area contributed by atoms with Gasteiger partial charge < -0.3 is 19.6 Å². The maximum Gasteiger partial charge on any atom is 0.395 e. The van der Waals surface area contributed by atoms with Crippen molar-refractivity contribution in [1.82, 2.24) is 9.97 Å². The lowest BCUT2D eigenvalue weighted by Gasteiger charge is -2.05. The number of aromatic amines is 1. The zero-order valence-corrected chi connectivity index (χ0v) is 15.6. The highest BCUT2D eigenvalue weighted by atomic mass is 16.6. The Hall–Kier alpha value is -4.47. The predicted molar refractivity (Wildman–Crippen MR) is 106 cm³/mol. The van der Waals surface area contributed by atoms with Gasteiger partial charge in [0.25, 0.3) is 5.88 Å². The molecule has 10 heteroatoms. The third-order valence-corrected chi connectivity index (χ3v) is 3.93. The number of esters is 1. The molecule has 0 aliphatic heterocycles. The smallest absolute Gasteiger partial charge is 0.395 e. The molecule has 0 saturated carbocycles. The number of rotatable bonds is 6. The molecule has 0 aliphatic carbocycles. The van der Waals surface area contributed by atoms with E-state index in [1.54, 1.807) is 54.6 Å². The van der Waals surface area contributed by atoms with Crippen molar-refractivity contribution in [2.24, 2.45) is 0 Å². The van der Waals surface area contributed by atoms with Crippen molar-refractivity contribution in [2.45, 2.75) is 0 Å². The molecule has 10 nitrogen and oxygen atoms in total. The van der Waals surface area contributed by atoms with Crippen LogP contribution < -0.4 is 15.0 Å². The summed E-state index contributed by atoms with van der Waals surface area (Å²) in [6.07, 6.45) is 2.92. The number of nitrogens with one attached hydrogen (secondary N) is 1. The largest absolute Gasteiger partial charge is 0.497 e. The van der Waals surface area contributed by atoms with Gasteiger partial charge in [0.15, 0.2) is 0 Å². The van der Waals surface area contributed by atoms with Crippen LogP contribution in [-0.4, -0.2) is 33.1 Å². The first-order chi connectivity index (χ1) is 14.4. The molecule has 0 amide bonds. The minimum absolute atomic E-state index is 0.0573. The van der Waals surface area contributed by atoms with E-state index < -0.39 is 28.0 Å². The summed E-state index contributed by atoms with van der Waals surface area (Å²) in [7, 11) is 1.53. The van der Waals surface area contributed by atoms with Crippen LogP contribution in [0.4, 0.5) is 5.69 Å². The van der Waals surface area contributed by atoms with Gasteiger partial charge in [0.2, 0.25) is 0 Å². The van der Waals surface area contributed by atoms with Crippen LogP contribution in [-0.2, 0) is 0 Å². The zero-order chi connectivity index (χ0) is 21.7. The minimum Gasteiger partial charge on any atom is -0.497 e. The predicted octanol–water partition coefficient (Wildman–Crippen LogP) is 2.78. The number of nitrogens with zero attached hydrogens (tertiary/aromatic N) is 2. The Labute approximate surface area is 169 Å².